The number of benzene rings is 1. The minimum Gasteiger partial charge on any atom is -0.399 e. The fourth-order valence-corrected chi connectivity index (χ4v) is 4.24. The molecule has 114 valence electrons. The molecular weight excluding hydrogens is 290 g/mol. The number of aliphatic hydroxyl groups is 1. The van der Waals surface area contributed by atoms with Gasteiger partial charge in [0.15, 0.2) is 0 Å². The predicted octanol–water partition coefficient (Wildman–Crippen LogP) is 1.06. The van der Waals surface area contributed by atoms with Gasteiger partial charge in [0.25, 0.3) is 0 Å². The molecule has 0 bridgehead atoms. The summed E-state index contributed by atoms with van der Waals surface area (Å²) >= 11 is 0. The highest BCUT2D eigenvalue weighted by atomic mass is 32.2. The second-order valence-corrected chi connectivity index (χ2v) is 7.27. The van der Waals surface area contributed by atoms with Crippen LogP contribution in [0.3, 0.4) is 0 Å². The molecule has 1 aromatic rings. The zero-order chi connectivity index (χ0) is 15.6. The Balaban J connectivity index is 2.40. The third kappa shape index (κ3) is 3.02. The van der Waals surface area contributed by atoms with E-state index in [2.05, 4.69) is 0 Å². The van der Waals surface area contributed by atoms with Crippen molar-refractivity contribution in [1.82, 2.24) is 4.31 Å². The van der Waals surface area contributed by atoms with Crippen molar-refractivity contribution in [3.05, 3.63) is 23.8 Å². The SMILES string of the molecule is CN(C1CCCCC1O)S(=O)(=O)c1ccc(N)cc1C#N. The van der Waals surface area contributed by atoms with Gasteiger partial charge in [-0.05, 0) is 31.0 Å². The van der Waals surface area contributed by atoms with Crippen LogP contribution in [0.4, 0.5) is 5.69 Å². The van der Waals surface area contributed by atoms with Gasteiger partial charge in [-0.3, -0.25) is 0 Å². The molecule has 7 heteroatoms. The molecule has 1 aliphatic rings. The molecule has 2 atom stereocenters. The van der Waals surface area contributed by atoms with Gasteiger partial charge in [-0.2, -0.15) is 9.57 Å². The molecule has 0 radical (unpaired) electrons. The lowest BCUT2D eigenvalue weighted by Crippen LogP contribution is -2.46. The molecule has 0 aromatic heterocycles. The van der Waals surface area contributed by atoms with Crippen molar-refractivity contribution in [3.8, 4) is 6.07 Å². The third-order valence-corrected chi connectivity index (χ3v) is 5.88. The molecule has 0 aliphatic heterocycles. The van der Waals surface area contributed by atoms with E-state index in [9.17, 15) is 13.5 Å². The summed E-state index contributed by atoms with van der Waals surface area (Å²) in [4.78, 5) is -0.0699. The van der Waals surface area contributed by atoms with Gasteiger partial charge in [0.05, 0.1) is 17.7 Å². The van der Waals surface area contributed by atoms with E-state index in [0.29, 0.717) is 18.5 Å². The average molecular weight is 309 g/mol. The van der Waals surface area contributed by atoms with Crippen LogP contribution in [0, 0.1) is 11.3 Å². The first-order valence-corrected chi connectivity index (χ1v) is 8.27. The lowest BCUT2D eigenvalue weighted by Gasteiger charge is -2.34. The molecule has 0 spiro atoms. The van der Waals surface area contributed by atoms with Crippen molar-refractivity contribution in [1.29, 1.82) is 5.26 Å². The number of rotatable bonds is 3. The highest BCUT2D eigenvalue weighted by Crippen LogP contribution is 2.28. The number of aliphatic hydroxyl groups excluding tert-OH is 1. The van der Waals surface area contributed by atoms with Crippen molar-refractivity contribution in [2.45, 2.75) is 42.7 Å². The van der Waals surface area contributed by atoms with E-state index in [0.717, 1.165) is 12.8 Å². The van der Waals surface area contributed by atoms with Gasteiger partial charge in [-0.25, -0.2) is 8.42 Å². The van der Waals surface area contributed by atoms with Crippen LogP contribution in [0.25, 0.3) is 0 Å². The van der Waals surface area contributed by atoms with E-state index in [1.807, 2.05) is 6.07 Å². The lowest BCUT2D eigenvalue weighted by molar-refractivity contribution is 0.0638. The Morgan fingerprint density at radius 3 is 2.67 bits per heavy atom. The van der Waals surface area contributed by atoms with Crippen LogP contribution >= 0.6 is 0 Å². The summed E-state index contributed by atoms with van der Waals surface area (Å²) in [5.74, 6) is 0. The van der Waals surface area contributed by atoms with Gasteiger partial charge in [-0.1, -0.05) is 12.8 Å². The first-order valence-electron chi connectivity index (χ1n) is 6.83. The minimum absolute atomic E-state index is 0.0205. The maximum absolute atomic E-state index is 12.7. The number of hydrogen-bond acceptors (Lipinski definition) is 5. The van der Waals surface area contributed by atoms with E-state index >= 15 is 0 Å². The highest BCUT2D eigenvalue weighted by molar-refractivity contribution is 7.89. The van der Waals surface area contributed by atoms with Crippen molar-refractivity contribution >= 4 is 15.7 Å². The van der Waals surface area contributed by atoms with Gasteiger partial charge >= 0.3 is 0 Å². The fraction of sp³-hybridized carbons (Fsp3) is 0.500. The standard InChI is InChI=1S/C14H19N3O3S/c1-17(12-4-2-3-5-13(12)18)21(19,20)14-7-6-11(16)8-10(14)9-15/h6-8,12-13,18H,2-5,16H2,1H3. The molecule has 1 fully saturated rings. The van der Waals surface area contributed by atoms with Crippen molar-refractivity contribution in [3.63, 3.8) is 0 Å². The number of nitrogens with two attached hydrogens (primary N) is 1. The molecule has 6 nitrogen and oxygen atoms in total. The van der Waals surface area contributed by atoms with Gasteiger partial charge in [0, 0.05) is 12.7 Å². The minimum atomic E-state index is -3.84. The summed E-state index contributed by atoms with van der Waals surface area (Å²) in [5.41, 5.74) is 5.95. The van der Waals surface area contributed by atoms with Crippen LogP contribution in [-0.4, -0.2) is 37.0 Å². The average Bonchev–Trinajstić information content (AvgIpc) is 2.46. The Bertz CT molecular complexity index is 667. The van der Waals surface area contributed by atoms with Crippen LogP contribution in [0.15, 0.2) is 23.1 Å². The van der Waals surface area contributed by atoms with Gasteiger partial charge in [0.2, 0.25) is 10.0 Å². The topological polar surface area (TPSA) is 107 Å². The van der Waals surface area contributed by atoms with Crippen molar-refractivity contribution in [2.75, 3.05) is 12.8 Å². The molecule has 2 unspecified atom stereocenters. The van der Waals surface area contributed by atoms with Gasteiger partial charge in [-0.15, -0.1) is 0 Å². The van der Waals surface area contributed by atoms with Crippen LogP contribution in [-0.2, 0) is 10.0 Å². The molecule has 0 saturated heterocycles. The summed E-state index contributed by atoms with van der Waals surface area (Å²) in [6.07, 6.45) is 2.33. The molecule has 1 aliphatic carbocycles. The Kier molecular flexibility index (Phi) is 4.52. The number of nitrogen functional groups attached to an aromatic ring is 1. The Morgan fingerprint density at radius 2 is 2.05 bits per heavy atom. The Hall–Kier alpha value is -1.62. The fourth-order valence-electron chi connectivity index (χ4n) is 2.71. The highest BCUT2D eigenvalue weighted by Gasteiger charge is 2.35. The first kappa shape index (κ1) is 15.8. The van der Waals surface area contributed by atoms with Crippen LogP contribution in [0.5, 0.6) is 0 Å². The van der Waals surface area contributed by atoms with Crippen molar-refractivity contribution in [2.24, 2.45) is 0 Å². The predicted molar refractivity (Wildman–Crippen MR) is 78.8 cm³/mol. The molecule has 1 aromatic carbocycles. The summed E-state index contributed by atoms with van der Waals surface area (Å²) in [7, 11) is -2.39. The Labute approximate surface area is 124 Å². The van der Waals surface area contributed by atoms with E-state index < -0.39 is 22.2 Å². The molecule has 21 heavy (non-hydrogen) atoms. The second kappa shape index (κ2) is 6.02. The summed E-state index contributed by atoms with van der Waals surface area (Å²) < 4.78 is 26.6. The van der Waals surface area contributed by atoms with Crippen LogP contribution in [0.1, 0.15) is 31.2 Å². The monoisotopic (exact) mass is 309 g/mol. The number of likely N-dealkylation sites (N-methyl/N-ethyl adjacent to an activating group) is 1. The maximum atomic E-state index is 12.7. The van der Waals surface area contributed by atoms with Gasteiger partial charge < -0.3 is 10.8 Å². The number of hydrogen-bond donors (Lipinski definition) is 2. The van der Waals surface area contributed by atoms with Crippen LogP contribution < -0.4 is 5.73 Å². The number of nitriles is 1. The van der Waals surface area contributed by atoms with E-state index in [4.69, 9.17) is 11.0 Å². The Morgan fingerprint density at radius 1 is 1.38 bits per heavy atom. The molecule has 3 N–H and O–H groups in total. The molecule has 0 amide bonds. The third-order valence-electron chi connectivity index (χ3n) is 3.94. The van der Waals surface area contributed by atoms with E-state index in [1.165, 1.54) is 29.6 Å². The zero-order valence-electron chi connectivity index (χ0n) is 11.9. The maximum Gasteiger partial charge on any atom is 0.244 e. The lowest BCUT2D eigenvalue weighted by atomic mass is 9.93. The van der Waals surface area contributed by atoms with Crippen molar-refractivity contribution < 1.29 is 13.5 Å². The number of sulfonamides is 1. The molecular formula is C14H19N3O3S. The summed E-state index contributed by atoms with van der Waals surface area (Å²) in [6.45, 7) is 0. The largest absolute Gasteiger partial charge is 0.399 e. The van der Waals surface area contributed by atoms with Crippen LogP contribution in [0.2, 0.25) is 0 Å². The molecule has 2 rings (SSSR count). The number of anilines is 1. The second-order valence-electron chi connectivity index (χ2n) is 5.31. The normalized spacial score (nSPS) is 23.0. The van der Waals surface area contributed by atoms with Gasteiger partial charge in [0.1, 0.15) is 11.0 Å². The zero-order valence-corrected chi connectivity index (χ0v) is 12.7. The van der Waals surface area contributed by atoms with E-state index in [-0.39, 0.29) is 10.5 Å². The molecule has 1 saturated carbocycles. The molecule has 0 heterocycles. The van der Waals surface area contributed by atoms with E-state index in [1.54, 1.807) is 0 Å². The summed E-state index contributed by atoms with van der Waals surface area (Å²) in [5, 5.41) is 19.1. The number of nitrogens with zero attached hydrogens (tertiary/aromatic N) is 2. The quantitative estimate of drug-likeness (QED) is 0.812. The first-order chi connectivity index (χ1) is 9.87. The smallest absolute Gasteiger partial charge is 0.244 e. The summed E-state index contributed by atoms with van der Waals surface area (Å²) in [6, 6.07) is 5.56.